The average Bonchev–Trinajstić information content (AvgIpc) is 2.29. The van der Waals surface area contributed by atoms with E-state index in [1.807, 2.05) is 0 Å². The number of alkyl halides is 1. The lowest BCUT2D eigenvalue weighted by atomic mass is 9.82. The molecule has 2 nitrogen and oxygen atoms in total. The van der Waals surface area contributed by atoms with E-state index in [4.69, 9.17) is 4.74 Å². The van der Waals surface area contributed by atoms with E-state index >= 15 is 0 Å². The van der Waals surface area contributed by atoms with Gasteiger partial charge in [0.05, 0.1) is 6.42 Å². The van der Waals surface area contributed by atoms with Crippen molar-refractivity contribution >= 4 is 5.97 Å². The van der Waals surface area contributed by atoms with E-state index in [0.29, 0.717) is 0 Å². The molecule has 0 aromatic heterocycles. The molecule has 2 rings (SSSR count). The van der Waals surface area contributed by atoms with Crippen LogP contribution in [0.5, 0.6) is 0 Å². The fourth-order valence-corrected chi connectivity index (χ4v) is 2.23. The summed E-state index contributed by atoms with van der Waals surface area (Å²) in [6, 6.07) is 0. The van der Waals surface area contributed by atoms with Gasteiger partial charge in [-0.05, 0) is 25.7 Å². The molecule has 0 amide bonds. The first-order valence-electron chi connectivity index (χ1n) is 4.59. The Hall–Kier alpha value is -0.600. The molecule has 0 N–H and O–H groups in total. The Bertz CT molecular complexity index is 197. The summed E-state index contributed by atoms with van der Waals surface area (Å²) >= 11 is 0. The van der Waals surface area contributed by atoms with Crippen LogP contribution in [0.4, 0.5) is 4.39 Å². The number of esters is 1. The van der Waals surface area contributed by atoms with Crippen LogP contribution in [-0.4, -0.2) is 17.7 Å². The summed E-state index contributed by atoms with van der Waals surface area (Å²) in [6.45, 7) is 0. The lowest BCUT2D eigenvalue weighted by Gasteiger charge is -2.33. The van der Waals surface area contributed by atoms with E-state index < -0.39 is 11.8 Å². The van der Waals surface area contributed by atoms with Gasteiger partial charge in [0.15, 0.2) is 6.17 Å². The zero-order valence-corrected chi connectivity index (χ0v) is 7.01. The summed E-state index contributed by atoms with van der Waals surface area (Å²) < 4.78 is 18.5. The minimum absolute atomic E-state index is 0.0278. The molecule has 2 fully saturated rings. The second-order valence-corrected chi connectivity index (χ2v) is 3.77. The van der Waals surface area contributed by atoms with Gasteiger partial charge in [0, 0.05) is 0 Å². The molecule has 0 aromatic carbocycles. The average molecular weight is 172 g/mol. The number of carbonyl (C=O) groups excluding carboxylic acids is 1. The number of rotatable bonds is 0. The van der Waals surface area contributed by atoms with Crippen LogP contribution in [0.25, 0.3) is 0 Å². The smallest absolute Gasteiger partial charge is 0.309 e. The van der Waals surface area contributed by atoms with Crippen LogP contribution in [0.15, 0.2) is 0 Å². The Labute approximate surface area is 71.1 Å². The maximum Gasteiger partial charge on any atom is 0.309 e. The van der Waals surface area contributed by atoms with Crippen molar-refractivity contribution in [2.45, 2.75) is 50.3 Å². The van der Waals surface area contributed by atoms with Crippen LogP contribution >= 0.6 is 0 Å². The Morgan fingerprint density at radius 3 is 2.50 bits per heavy atom. The Kier molecular flexibility index (Phi) is 1.81. The summed E-state index contributed by atoms with van der Waals surface area (Å²) in [4.78, 5) is 10.9. The molecule has 2 aliphatic rings. The number of carbonyl (C=O) groups is 1. The van der Waals surface area contributed by atoms with Gasteiger partial charge in [-0.15, -0.1) is 0 Å². The normalized spacial score (nSPS) is 33.8. The number of hydrogen-bond donors (Lipinski definition) is 0. The summed E-state index contributed by atoms with van der Waals surface area (Å²) in [5, 5.41) is 0. The van der Waals surface area contributed by atoms with Gasteiger partial charge in [-0.2, -0.15) is 0 Å². The largest absolute Gasteiger partial charge is 0.456 e. The lowest BCUT2D eigenvalue weighted by Crippen LogP contribution is -2.38. The summed E-state index contributed by atoms with van der Waals surface area (Å²) in [5.74, 6) is -0.357. The van der Waals surface area contributed by atoms with E-state index in [1.165, 1.54) is 0 Å². The molecule has 1 unspecified atom stereocenters. The monoisotopic (exact) mass is 172 g/mol. The number of halogens is 1. The van der Waals surface area contributed by atoms with Crippen molar-refractivity contribution in [1.29, 1.82) is 0 Å². The first-order valence-corrected chi connectivity index (χ1v) is 4.59. The van der Waals surface area contributed by atoms with Crippen molar-refractivity contribution in [2.24, 2.45) is 0 Å². The molecule has 0 radical (unpaired) electrons. The van der Waals surface area contributed by atoms with Gasteiger partial charge in [-0.1, -0.05) is 6.42 Å². The SMILES string of the molecule is O=C1CC(F)C2(CCCCC2)O1. The highest BCUT2D eigenvalue weighted by molar-refractivity contribution is 5.73. The van der Waals surface area contributed by atoms with Crippen molar-refractivity contribution in [3.8, 4) is 0 Å². The Morgan fingerprint density at radius 2 is 2.00 bits per heavy atom. The highest BCUT2D eigenvalue weighted by Gasteiger charge is 2.49. The molecular formula is C9H13FO2. The molecule has 3 heteroatoms. The van der Waals surface area contributed by atoms with E-state index in [9.17, 15) is 9.18 Å². The first-order chi connectivity index (χ1) is 5.73. The summed E-state index contributed by atoms with van der Waals surface area (Å²) in [7, 11) is 0. The van der Waals surface area contributed by atoms with Gasteiger partial charge < -0.3 is 4.74 Å². The Balaban J connectivity index is 2.13. The summed E-state index contributed by atoms with van der Waals surface area (Å²) in [5.41, 5.74) is -0.713. The number of hydrogen-bond acceptors (Lipinski definition) is 2. The minimum Gasteiger partial charge on any atom is -0.456 e. The van der Waals surface area contributed by atoms with Crippen molar-refractivity contribution in [1.82, 2.24) is 0 Å². The second kappa shape index (κ2) is 2.71. The number of ether oxygens (including phenoxy) is 1. The molecule has 1 atom stereocenters. The molecule has 68 valence electrons. The van der Waals surface area contributed by atoms with Crippen LogP contribution in [0, 0.1) is 0 Å². The predicted molar refractivity (Wildman–Crippen MR) is 41.4 cm³/mol. The van der Waals surface area contributed by atoms with Gasteiger partial charge in [0.2, 0.25) is 0 Å². The highest BCUT2D eigenvalue weighted by atomic mass is 19.1. The van der Waals surface area contributed by atoms with Crippen molar-refractivity contribution in [3.05, 3.63) is 0 Å². The maximum absolute atomic E-state index is 13.4. The van der Waals surface area contributed by atoms with Crippen LogP contribution in [0.1, 0.15) is 38.5 Å². The third kappa shape index (κ3) is 1.11. The van der Waals surface area contributed by atoms with Crippen LogP contribution < -0.4 is 0 Å². The first kappa shape index (κ1) is 8.02. The second-order valence-electron chi connectivity index (χ2n) is 3.77. The fraction of sp³-hybridized carbons (Fsp3) is 0.889. The van der Waals surface area contributed by atoms with Crippen LogP contribution in [0.2, 0.25) is 0 Å². The third-order valence-electron chi connectivity index (χ3n) is 2.93. The molecular weight excluding hydrogens is 159 g/mol. The van der Waals surface area contributed by atoms with Gasteiger partial charge in [0.25, 0.3) is 0 Å². The van der Waals surface area contributed by atoms with E-state index in [1.54, 1.807) is 0 Å². The third-order valence-corrected chi connectivity index (χ3v) is 2.93. The zero-order valence-electron chi connectivity index (χ0n) is 7.01. The quantitative estimate of drug-likeness (QED) is 0.522. The fourth-order valence-electron chi connectivity index (χ4n) is 2.23. The molecule has 12 heavy (non-hydrogen) atoms. The topological polar surface area (TPSA) is 26.3 Å². The van der Waals surface area contributed by atoms with E-state index in [0.717, 1.165) is 32.1 Å². The molecule has 1 aliphatic carbocycles. The van der Waals surface area contributed by atoms with Crippen molar-refractivity contribution < 1.29 is 13.9 Å². The maximum atomic E-state index is 13.4. The summed E-state index contributed by atoms with van der Waals surface area (Å²) in [6.07, 6.45) is 3.50. The van der Waals surface area contributed by atoms with Gasteiger partial charge >= 0.3 is 5.97 Å². The van der Waals surface area contributed by atoms with Crippen molar-refractivity contribution in [3.63, 3.8) is 0 Å². The molecule has 1 aliphatic heterocycles. The van der Waals surface area contributed by atoms with Crippen LogP contribution in [0.3, 0.4) is 0 Å². The van der Waals surface area contributed by atoms with Crippen LogP contribution in [-0.2, 0) is 9.53 Å². The van der Waals surface area contributed by atoms with E-state index in [2.05, 4.69) is 0 Å². The predicted octanol–water partition coefficient (Wildman–Crippen LogP) is 1.97. The van der Waals surface area contributed by atoms with Gasteiger partial charge in [-0.25, -0.2) is 4.39 Å². The lowest BCUT2D eigenvalue weighted by molar-refractivity contribution is -0.152. The molecule has 0 aromatic rings. The van der Waals surface area contributed by atoms with Gasteiger partial charge in [-0.3, -0.25) is 4.79 Å². The molecule has 1 spiro atoms. The zero-order chi connectivity index (χ0) is 8.60. The molecule has 1 saturated heterocycles. The Morgan fingerprint density at radius 1 is 1.33 bits per heavy atom. The standard InChI is InChI=1S/C9H13FO2/c10-7-6-8(11)12-9(7)4-2-1-3-5-9/h7H,1-6H2. The highest BCUT2D eigenvalue weighted by Crippen LogP contribution is 2.41. The van der Waals surface area contributed by atoms with E-state index in [-0.39, 0.29) is 12.4 Å². The molecule has 1 saturated carbocycles. The molecule has 1 heterocycles. The van der Waals surface area contributed by atoms with Gasteiger partial charge in [0.1, 0.15) is 5.60 Å². The van der Waals surface area contributed by atoms with Crippen molar-refractivity contribution in [2.75, 3.05) is 0 Å². The minimum atomic E-state index is -1.05. The molecule has 0 bridgehead atoms.